The van der Waals surface area contributed by atoms with Gasteiger partial charge in [-0.05, 0) is 68.0 Å². The van der Waals surface area contributed by atoms with Crippen LogP contribution >= 0.6 is 0 Å². The van der Waals surface area contributed by atoms with E-state index in [4.69, 9.17) is 0 Å². The van der Waals surface area contributed by atoms with E-state index in [0.29, 0.717) is 31.6 Å². The SMILES string of the molecule is CCn1cc(NC(=O)C2CCN(C(=O)c3ccc(-c4ccc(C)c(C)c4)cc3F)CC2)cn1. The molecule has 1 saturated heterocycles. The summed E-state index contributed by atoms with van der Waals surface area (Å²) < 4.78 is 16.6. The number of aryl methyl sites for hydroxylation is 3. The third kappa shape index (κ3) is 4.97. The Morgan fingerprint density at radius 3 is 2.39 bits per heavy atom. The molecule has 0 bridgehead atoms. The number of hydrogen-bond donors (Lipinski definition) is 1. The summed E-state index contributed by atoms with van der Waals surface area (Å²) in [6.07, 6.45) is 4.51. The Bertz CT molecular complexity index is 1180. The molecule has 172 valence electrons. The molecule has 0 unspecified atom stereocenters. The fourth-order valence-electron chi connectivity index (χ4n) is 4.15. The number of piperidine rings is 1. The minimum atomic E-state index is -0.525. The molecular formula is C26H29FN4O2. The van der Waals surface area contributed by atoms with Gasteiger partial charge in [0, 0.05) is 31.7 Å². The number of halogens is 1. The molecule has 1 aliphatic rings. The molecule has 0 aliphatic carbocycles. The Balaban J connectivity index is 1.38. The molecule has 2 aromatic carbocycles. The molecule has 4 rings (SSSR count). The first-order valence-electron chi connectivity index (χ1n) is 11.4. The molecule has 7 heteroatoms. The van der Waals surface area contributed by atoms with Crippen molar-refractivity contribution in [3.05, 3.63) is 71.3 Å². The van der Waals surface area contributed by atoms with Crippen molar-refractivity contribution in [1.82, 2.24) is 14.7 Å². The van der Waals surface area contributed by atoms with Crippen molar-refractivity contribution in [2.75, 3.05) is 18.4 Å². The number of rotatable bonds is 5. The number of carbonyl (C=O) groups excluding carboxylic acids is 2. The maximum absolute atomic E-state index is 14.9. The zero-order chi connectivity index (χ0) is 23.5. The van der Waals surface area contributed by atoms with Crippen LogP contribution in [0, 0.1) is 25.6 Å². The lowest BCUT2D eigenvalue weighted by atomic mass is 9.95. The number of aromatic nitrogens is 2. The maximum atomic E-state index is 14.9. The summed E-state index contributed by atoms with van der Waals surface area (Å²) in [5, 5.41) is 7.05. The van der Waals surface area contributed by atoms with Gasteiger partial charge in [0.1, 0.15) is 5.82 Å². The van der Waals surface area contributed by atoms with Crippen molar-refractivity contribution in [3.8, 4) is 11.1 Å². The van der Waals surface area contributed by atoms with E-state index >= 15 is 0 Å². The topological polar surface area (TPSA) is 67.2 Å². The number of benzene rings is 2. The smallest absolute Gasteiger partial charge is 0.256 e. The normalized spacial score (nSPS) is 14.4. The van der Waals surface area contributed by atoms with E-state index in [1.165, 1.54) is 11.6 Å². The minimum Gasteiger partial charge on any atom is -0.339 e. The summed E-state index contributed by atoms with van der Waals surface area (Å²) in [4.78, 5) is 27.1. The fraction of sp³-hybridized carbons (Fsp3) is 0.346. The largest absolute Gasteiger partial charge is 0.339 e. The number of hydrogen-bond acceptors (Lipinski definition) is 3. The van der Waals surface area contributed by atoms with Crippen molar-refractivity contribution in [2.45, 2.75) is 40.2 Å². The molecule has 1 N–H and O–H groups in total. The van der Waals surface area contributed by atoms with E-state index < -0.39 is 5.82 Å². The first kappa shape index (κ1) is 22.7. The van der Waals surface area contributed by atoms with Gasteiger partial charge in [-0.1, -0.05) is 24.3 Å². The van der Waals surface area contributed by atoms with E-state index in [1.807, 2.05) is 39.0 Å². The molecule has 6 nitrogen and oxygen atoms in total. The van der Waals surface area contributed by atoms with Gasteiger partial charge in [0.05, 0.1) is 17.4 Å². The molecular weight excluding hydrogens is 419 g/mol. The van der Waals surface area contributed by atoms with Gasteiger partial charge in [0.25, 0.3) is 5.91 Å². The Labute approximate surface area is 193 Å². The molecule has 0 saturated carbocycles. The third-order valence-electron chi connectivity index (χ3n) is 6.42. The molecule has 2 amide bonds. The highest BCUT2D eigenvalue weighted by Crippen LogP contribution is 2.26. The lowest BCUT2D eigenvalue weighted by molar-refractivity contribution is -0.121. The van der Waals surface area contributed by atoms with Crippen molar-refractivity contribution in [2.24, 2.45) is 5.92 Å². The van der Waals surface area contributed by atoms with Crippen LogP contribution in [0.3, 0.4) is 0 Å². The number of nitrogens with one attached hydrogen (secondary N) is 1. The van der Waals surface area contributed by atoms with Gasteiger partial charge >= 0.3 is 0 Å². The zero-order valence-electron chi connectivity index (χ0n) is 19.3. The fourth-order valence-corrected chi connectivity index (χ4v) is 4.15. The standard InChI is InChI=1S/C26H29FN4O2/c1-4-31-16-22(15-28-31)29-25(32)19-9-11-30(12-10-19)26(33)23-8-7-21(14-24(23)27)20-6-5-17(2)18(3)13-20/h5-8,13-16,19H,4,9-12H2,1-3H3,(H,29,32). The van der Waals surface area contributed by atoms with Crippen LogP contribution in [0.4, 0.5) is 10.1 Å². The maximum Gasteiger partial charge on any atom is 0.256 e. The summed E-state index contributed by atoms with van der Waals surface area (Å²) in [7, 11) is 0. The first-order chi connectivity index (χ1) is 15.9. The zero-order valence-corrected chi connectivity index (χ0v) is 19.3. The quantitative estimate of drug-likeness (QED) is 0.609. The Hall–Kier alpha value is -3.48. The van der Waals surface area contributed by atoms with Gasteiger partial charge < -0.3 is 10.2 Å². The second kappa shape index (κ2) is 9.57. The Morgan fingerprint density at radius 2 is 1.76 bits per heavy atom. The van der Waals surface area contributed by atoms with E-state index in [2.05, 4.69) is 10.4 Å². The van der Waals surface area contributed by atoms with Crippen LogP contribution in [0.5, 0.6) is 0 Å². The molecule has 0 spiro atoms. The third-order valence-corrected chi connectivity index (χ3v) is 6.42. The van der Waals surface area contributed by atoms with Gasteiger partial charge in [0.15, 0.2) is 0 Å². The van der Waals surface area contributed by atoms with Crippen molar-refractivity contribution < 1.29 is 14.0 Å². The number of likely N-dealkylation sites (tertiary alicyclic amines) is 1. The van der Waals surface area contributed by atoms with Crippen molar-refractivity contribution in [3.63, 3.8) is 0 Å². The second-order valence-corrected chi connectivity index (χ2v) is 8.63. The van der Waals surface area contributed by atoms with E-state index in [9.17, 15) is 14.0 Å². The van der Waals surface area contributed by atoms with Crippen LogP contribution in [0.2, 0.25) is 0 Å². The number of anilines is 1. The molecule has 1 fully saturated rings. The number of nitrogens with zero attached hydrogens (tertiary/aromatic N) is 3. The predicted molar refractivity (Wildman–Crippen MR) is 126 cm³/mol. The van der Waals surface area contributed by atoms with Crippen LogP contribution in [-0.4, -0.2) is 39.6 Å². The average molecular weight is 449 g/mol. The van der Waals surface area contributed by atoms with Crippen LogP contribution in [0.25, 0.3) is 11.1 Å². The highest BCUT2D eigenvalue weighted by Gasteiger charge is 2.29. The summed E-state index contributed by atoms with van der Waals surface area (Å²) in [6, 6.07) is 10.8. The van der Waals surface area contributed by atoms with Gasteiger partial charge in [-0.3, -0.25) is 14.3 Å². The second-order valence-electron chi connectivity index (χ2n) is 8.63. The van der Waals surface area contributed by atoms with Gasteiger partial charge in [-0.2, -0.15) is 5.10 Å². The molecule has 33 heavy (non-hydrogen) atoms. The minimum absolute atomic E-state index is 0.0671. The lowest BCUT2D eigenvalue weighted by Gasteiger charge is -2.31. The summed E-state index contributed by atoms with van der Waals surface area (Å²) >= 11 is 0. The number of carbonyl (C=O) groups is 2. The Kier molecular flexibility index (Phi) is 6.58. The monoisotopic (exact) mass is 448 g/mol. The van der Waals surface area contributed by atoms with Gasteiger partial charge in [-0.15, -0.1) is 0 Å². The van der Waals surface area contributed by atoms with Crippen molar-refractivity contribution in [1.29, 1.82) is 0 Å². The molecule has 1 aliphatic heterocycles. The summed E-state index contributed by atoms with van der Waals surface area (Å²) in [5.41, 5.74) is 4.73. The van der Waals surface area contributed by atoms with E-state index in [1.54, 1.807) is 34.1 Å². The number of amides is 2. The molecule has 0 atom stereocenters. The summed E-state index contributed by atoms with van der Waals surface area (Å²) in [6.45, 7) is 7.61. The van der Waals surface area contributed by atoms with Gasteiger partial charge in [0.2, 0.25) is 5.91 Å². The lowest BCUT2D eigenvalue weighted by Crippen LogP contribution is -2.41. The van der Waals surface area contributed by atoms with E-state index in [0.717, 1.165) is 23.2 Å². The summed E-state index contributed by atoms with van der Waals surface area (Å²) in [5.74, 6) is -1.11. The first-order valence-corrected chi connectivity index (χ1v) is 11.4. The highest BCUT2D eigenvalue weighted by molar-refractivity contribution is 5.96. The van der Waals surface area contributed by atoms with Crippen LogP contribution in [0.15, 0.2) is 48.8 Å². The van der Waals surface area contributed by atoms with Crippen LogP contribution < -0.4 is 5.32 Å². The molecule has 1 aromatic heterocycles. The van der Waals surface area contributed by atoms with Crippen LogP contribution in [-0.2, 0) is 11.3 Å². The highest BCUT2D eigenvalue weighted by atomic mass is 19.1. The van der Waals surface area contributed by atoms with E-state index in [-0.39, 0.29) is 23.3 Å². The average Bonchev–Trinajstić information content (AvgIpc) is 3.28. The van der Waals surface area contributed by atoms with Crippen LogP contribution in [0.1, 0.15) is 41.3 Å². The molecule has 2 heterocycles. The molecule has 3 aromatic rings. The molecule has 0 radical (unpaired) electrons. The predicted octanol–water partition coefficient (Wildman–Crippen LogP) is 4.82. The Morgan fingerprint density at radius 1 is 1.06 bits per heavy atom. The van der Waals surface area contributed by atoms with Gasteiger partial charge in [-0.25, -0.2) is 4.39 Å². The van der Waals surface area contributed by atoms with Crippen molar-refractivity contribution >= 4 is 17.5 Å².